The number of nitrogens with one attached hydrogen (secondary N) is 1. The topological polar surface area (TPSA) is 109 Å². The molecule has 0 atom stereocenters. The first-order chi connectivity index (χ1) is 18.8. The number of ketones is 1. The van der Waals surface area contributed by atoms with Gasteiger partial charge < -0.3 is 19.9 Å². The Labute approximate surface area is 233 Å². The highest BCUT2D eigenvalue weighted by Crippen LogP contribution is 2.33. The number of aromatic nitrogens is 1. The summed E-state index contributed by atoms with van der Waals surface area (Å²) in [5.74, 6) is -0.799. The van der Waals surface area contributed by atoms with Gasteiger partial charge in [-0.1, -0.05) is 12.1 Å². The van der Waals surface area contributed by atoms with Gasteiger partial charge in [0.2, 0.25) is 11.8 Å². The lowest BCUT2D eigenvalue weighted by molar-refractivity contribution is -0.137. The van der Waals surface area contributed by atoms with E-state index in [1.165, 1.54) is 0 Å². The molecule has 4 rings (SSSR count). The fourth-order valence-electron chi connectivity index (χ4n) is 5.49. The summed E-state index contributed by atoms with van der Waals surface area (Å²) in [6.07, 6.45) is 3.90. The molecule has 0 aliphatic heterocycles. The van der Waals surface area contributed by atoms with Gasteiger partial charge in [-0.15, -0.1) is 11.3 Å². The number of Topliss-reactive ketones (excluding diaryl/α,β-unsaturated/α-hetero) is 1. The lowest BCUT2D eigenvalue weighted by Gasteiger charge is -2.27. The maximum Gasteiger partial charge on any atom is 0.303 e. The Bertz CT molecular complexity index is 1340. The van der Waals surface area contributed by atoms with Crippen molar-refractivity contribution >= 4 is 50.8 Å². The van der Waals surface area contributed by atoms with Crippen LogP contribution in [0.15, 0.2) is 41.8 Å². The number of rotatable bonds is 12. The minimum absolute atomic E-state index is 0.0214. The number of thiophene rings is 1. The SMILES string of the molecule is CCN(C(=O)Cn1c(C(=O)CC2CCC(C(=O)NCCCC(=O)O)CC2)cc2sccc21)c1cccc(C)c1. The van der Waals surface area contributed by atoms with E-state index in [4.69, 9.17) is 5.11 Å². The fourth-order valence-corrected chi connectivity index (χ4v) is 6.31. The van der Waals surface area contributed by atoms with Gasteiger partial charge in [0, 0.05) is 37.5 Å². The molecule has 2 heterocycles. The molecule has 39 heavy (non-hydrogen) atoms. The summed E-state index contributed by atoms with van der Waals surface area (Å²) in [4.78, 5) is 51.8. The summed E-state index contributed by atoms with van der Waals surface area (Å²) in [5, 5.41) is 13.6. The van der Waals surface area contributed by atoms with Crippen LogP contribution >= 0.6 is 11.3 Å². The van der Waals surface area contributed by atoms with Crippen LogP contribution in [-0.4, -0.2) is 46.3 Å². The van der Waals surface area contributed by atoms with Gasteiger partial charge in [0.25, 0.3) is 0 Å². The van der Waals surface area contributed by atoms with Gasteiger partial charge in [-0.2, -0.15) is 0 Å². The number of carbonyl (C=O) groups excluding carboxylic acids is 3. The predicted molar refractivity (Wildman–Crippen MR) is 153 cm³/mol. The van der Waals surface area contributed by atoms with Crippen molar-refractivity contribution in [3.8, 4) is 0 Å². The molecule has 0 spiro atoms. The van der Waals surface area contributed by atoms with E-state index in [1.807, 2.05) is 60.2 Å². The first-order valence-corrected chi connectivity index (χ1v) is 14.6. The van der Waals surface area contributed by atoms with Crippen LogP contribution in [0.3, 0.4) is 0 Å². The summed E-state index contributed by atoms with van der Waals surface area (Å²) in [5.41, 5.74) is 3.41. The average Bonchev–Trinajstić information content (AvgIpc) is 3.50. The summed E-state index contributed by atoms with van der Waals surface area (Å²) in [6, 6.07) is 11.8. The number of hydrogen-bond acceptors (Lipinski definition) is 5. The van der Waals surface area contributed by atoms with E-state index >= 15 is 0 Å². The third kappa shape index (κ3) is 7.15. The molecule has 8 nitrogen and oxygen atoms in total. The molecule has 208 valence electrons. The predicted octanol–water partition coefficient (Wildman–Crippen LogP) is 5.42. The number of anilines is 1. The van der Waals surface area contributed by atoms with Gasteiger partial charge in [0.15, 0.2) is 5.78 Å². The number of hydrogen-bond donors (Lipinski definition) is 2. The van der Waals surface area contributed by atoms with Crippen molar-refractivity contribution in [3.05, 3.63) is 53.0 Å². The number of aryl methyl sites for hydroxylation is 1. The maximum atomic E-state index is 13.5. The van der Waals surface area contributed by atoms with Crippen LogP contribution in [0, 0.1) is 18.8 Å². The number of amides is 2. The van der Waals surface area contributed by atoms with Gasteiger partial charge in [0.05, 0.1) is 15.9 Å². The van der Waals surface area contributed by atoms with E-state index in [1.54, 1.807) is 16.2 Å². The zero-order valence-corrected chi connectivity index (χ0v) is 23.5. The molecule has 9 heteroatoms. The number of aliphatic carboxylic acids is 1. The van der Waals surface area contributed by atoms with E-state index in [9.17, 15) is 19.2 Å². The van der Waals surface area contributed by atoms with E-state index in [0.717, 1.165) is 47.2 Å². The number of fused-ring (bicyclic) bond motifs is 1. The molecule has 0 saturated heterocycles. The first kappa shape index (κ1) is 28.5. The van der Waals surface area contributed by atoms with Crippen molar-refractivity contribution in [2.45, 2.75) is 65.3 Å². The van der Waals surface area contributed by atoms with Gasteiger partial charge in [-0.05, 0) is 87.1 Å². The molecule has 1 aliphatic carbocycles. The van der Waals surface area contributed by atoms with Crippen molar-refractivity contribution in [3.63, 3.8) is 0 Å². The lowest BCUT2D eigenvalue weighted by atomic mass is 9.79. The number of benzene rings is 1. The zero-order chi connectivity index (χ0) is 27.9. The van der Waals surface area contributed by atoms with Gasteiger partial charge in [-0.25, -0.2) is 0 Å². The smallest absolute Gasteiger partial charge is 0.303 e. The van der Waals surface area contributed by atoms with Crippen LogP contribution < -0.4 is 10.2 Å². The fraction of sp³-hybridized carbons (Fsp3) is 0.467. The Morgan fingerprint density at radius 1 is 1.10 bits per heavy atom. The summed E-state index contributed by atoms with van der Waals surface area (Å²) < 4.78 is 2.86. The summed E-state index contributed by atoms with van der Waals surface area (Å²) in [7, 11) is 0. The van der Waals surface area contributed by atoms with Crippen molar-refractivity contribution in [2.75, 3.05) is 18.0 Å². The minimum Gasteiger partial charge on any atom is -0.481 e. The first-order valence-electron chi connectivity index (χ1n) is 13.7. The van der Waals surface area contributed by atoms with E-state index in [-0.39, 0.29) is 42.4 Å². The zero-order valence-electron chi connectivity index (χ0n) is 22.7. The van der Waals surface area contributed by atoms with Crippen molar-refractivity contribution < 1.29 is 24.3 Å². The highest BCUT2D eigenvalue weighted by molar-refractivity contribution is 7.17. The van der Waals surface area contributed by atoms with E-state index in [0.29, 0.717) is 31.6 Å². The Morgan fingerprint density at radius 2 is 1.87 bits per heavy atom. The van der Waals surface area contributed by atoms with Crippen LogP contribution in [0.2, 0.25) is 0 Å². The largest absolute Gasteiger partial charge is 0.481 e. The standard InChI is InChI=1S/C30H37N3O5S/c1-3-32(23-7-4-6-20(2)16-23)28(35)19-33-24-13-15-39-27(24)18-25(33)26(34)17-21-9-11-22(12-10-21)30(38)31-14-5-8-29(36)37/h4,6-7,13,15-16,18,21-22H,3,5,8-12,14,17,19H2,1-2H3,(H,31,38)(H,36,37). The molecule has 1 fully saturated rings. The van der Waals surface area contributed by atoms with Gasteiger partial charge in [0.1, 0.15) is 6.54 Å². The van der Waals surface area contributed by atoms with Crippen molar-refractivity contribution in [2.24, 2.45) is 11.8 Å². The Balaban J connectivity index is 1.38. The van der Waals surface area contributed by atoms with Crippen molar-refractivity contribution in [1.82, 2.24) is 9.88 Å². The second-order valence-electron chi connectivity index (χ2n) is 10.4. The van der Waals surface area contributed by atoms with Crippen LogP contribution in [0.1, 0.15) is 67.9 Å². The molecule has 3 aromatic rings. The molecule has 1 saturated carbocycles. The maximum absolute atomic E-state index is 13.5. The second-order valence-corrected chi connectivity index (χ2v) is 11.3. The van der Waals surface area contributed by atoms with Crippen LogP contribution in [0.5, 0.6) is 0 Å². The van der Waals surface area contributed by atoms with E-state index < -0.39 is 5.97 Å². The summed E-state index contributed by atoms with van der Waals surface area (Å²) in [6.45, 7) is 4.96. The molecule has 2 N–H and O–H groups in total. The van der Waals surface area contributed by atoms with Crippen LogP contribution in [0.4, 0.5) is 5.69 Å². The third-order valence-electron chi connectivity index (χ3n) is 7.59. The van der Waals surface area contributed by atoms with Crippen LogP contribution in [-0.2, 0) is 20.9 Å². The monoisotopic (exact) mass is 551 g/mol. The molecular weight excluding hydrogens is 514 g/mol. The molecule has 0 bridgehead atoms. The van der Waals surface area contributed by atoms with E-state index in [2.05, 4.69) is 5.32 Å². The number of carboxylic acids is 1. The number of nitrogens with zero attached hydrogens (tertiary/aromatic N) is 2. The Kier molecular flexibility index (Phi) is 9.56. The highest BCUT2D eigenvalue weighted by Gasteiger charge is 2.29. The molecule has 1 aliphatic rings. The lowest BCUT2D eigenvalue weighted by Crippen LogP contribution is -2.35. The average molecular weight is 552 g/mol. The summed E-state index contributed by atoms with van der Waals surface area (Å²) >= 11 is 1.56. The number of likely N-dealkylation sites (N-methyl/N-ethyl adjacent to an activating group) is 1. The third-order valence-corrected chi connectivity index (χ3v) is 8.44. The molecule has 2 amide bonds. The van der Waals surface area contributed by atoms with Crippen LogP contribution in [0.25, 0.3) is 10.2 Å². The molecular formula is C30H37N3O5S. The Hall–Kier alpha value is -3.46. The van der Waals surface area contributed by atoms with Gasteiger partial charge in [-0.3, -0.25) is 19.2 Å². The molecule has 1 aromatic carbocycles. The molecule has 2 aromatic heterocycles. The second kappa shape index (κ2) is 13.1. The normalized spacial score (nSPS) is 17.2. The van der Waals surface area contributed by atoms with Gasteiger partial charge >= 0.3 is 5.97 Å². The quantitative estimate of drug-likeness (QED) is 0.231. The molecule has 0 radical (unpaired) electrons. The minimum atomic E-state index is -0.862. The highest BCUT2D eigenvalue weighted by atomic mass is 32.1. The van der Waals surface area contributed by atoms with Crippen molar-refractivity contribution in [1.29, 1.82) is 0 Å². The molecule has 0 unspecified atom stereocenters. The number of carboxylic acid groups (broad SMARTS) is 1. The Morgan fingerprint density at radius 3 is 2.56 bits per heavy atom. The number of carbonyl (C=O) groups is 4.